The molecule has 0 aliphatic carbocycles. The third kappa shape index (κ3) is 10.7. The van der Waals surface area contributed by atoms with E-state index in [4.69, 9.17) is 23.7 Å². The number of rotatable bonds is 9. The molecule has 0 saturated carbocycles. The zero-order chi connectivity index (χ0) is 74.7. The summed E-state index contributed by atoms with van der Waals surface area (Å²) in [5.41, 5.74) is -5.72. The summed E-state index contributed by atoms with van der Waals surface area (Å²) in [6.07, 6.45) is -19.7. The van der Waals surface area contributed by atoms with Gasteiger partial charge in [0.25, 0.3) is 0 Å². The van der Waals surface area contributed by atoms with Crippen molar-refractivity contribution in [2.45, 2.75) is 91.1 Å². The lowest BCUT2D eigenvalue weighted by Gasteiger charge is -2.45. The van der Waals surface area contributed by atoms with Gasteiger partial charge in [0.15, 0.2) is 81.9 Å². The molecule has 542 valence electrons. The van der Waals surface area contributed by atoms with Gasteiger partial charge in [0.05, 0.1) is 29.8 Å². The quantitative estimate of drug-likeness (QED) is 0.0628. The fourth-order valence-electron chi connectivity index (χ4n) is 15.4. The predicted molar refractivity (Wildman–Crippen MR) is 356 cm³/mol. The second-order valence-corrected chi connectivity index (χ2v) is 26.3. The number of aromatic hydroxyl groups is 20. The zero-order valence-electron chi connectivity index (χ0n) is 53.6. The Bertz CT molecular complexity index is 5270. The molecule has 10 aromatic carbocycles. The van der Waals surface area contributed by atoms with Crippen molar-refractivity contribution >= 4 is 0 Å². The van der Waals surface area contributed by atoms with E-state index in [-0.39, 0.29) is 50.4 Å². The largest absolute Gasteiger partial charge is 0.508 e. The number of aliphatic hydroxyl groups is 5. The number of phenols is 20. The van der Waals surface area contributed by atoms with Crippen LogP contribution >= 0.6 is 0 Å². The van der Waals surface area contributed by atoms with Crippen LogP contribution in [0.15, 0.2) is 127 Å². The molecule has 5 heterocycles. The van der Waals surface area contributed by atoms with Crippen molar-refractivity contribution in [3.8, 4) is 144 Å². The topological polar surface area (TPSA) is 552 Å². The maximum atomic E-state index is 13.4. The van der Waals surface area contributed by atoms with Crippen LogP contribution in [-0.4, -0.2) is 158 Å². The molecular weight excluding hydrogens is 1380 g/mol. The minimum Gasteiger partial charge on any atom is -0.508 e. The Morgan fingerprint density at radius 2 is 0.495 bits per heavy atom. The van der Waals surface area contributed by atoms with Crippen LogP contribution in [0, 0.1) is 0 Å². The molecule has 0 spiro atoms. The second kappa shape index (κ2) is 24.6. The first kappa shape index (κ1) is 67.8. The van der Waals surface area contributed by atoms with Gasteiger partial charge in [-0.15, -0.1) is 0 Å². The number of aliphatic hydroxyl groups excluding tert-OH is 5. The molecule has 15 rings (SSSR count). The molecule has 105 heavy (non-hydrogen) atoms. The van der Waals surface area contributed by atoms with Crippen molar-refractivity contribution in [2.24, 2.45) is 0 Å². The molecule has 30 nitrogen and oxygen atoms in total. The molecule has 10 aromatic rings. The fraction of sp³-hybridized carbons (Fsp3) is 0.200. The maximum absolute atomic E-state index is 13.4. The number of benzene rings is 10. The van der Waals surface area contributed by atoms with Crippen LogP contribution < -0.4 is 23.7 Å². The standard InChI is InChI=1S/C75H62O30/c76-28-16-40(87)51-50(17-28)102-69(24-2-7-31(78)36(83)12-24)64(97)59(51)53-41(88)19-43(90)55-61(66(99)71(104-73(53)55)26-4-9-33(80)38(85)14-26)57-45(92)21-46(93)58-62(67(100)72(105-75(57)58)27-5-10-34(81)39(86)15-27)56-44(91)20-42(89)54-60(65(98)70(103-74(54)56)25-3-8-32(79)37(84)13-25)52-47(94)22-49-29(63(52)96)18-48(95)68(101-49)23-1-6-30(77)35(82)11-23/h1-17,19-22,48,59-62,64-72,76-100H,18H2/t48-,59-,60+,61-,62+,64-,65-,66-,67-,68-,69-,70-,71-,72-/m1/s1. The number of ether oxygens (including phenoxy) is 5. The highest BCUT2D eigenvalue weighted by atomic mass is 16.5. The molecule has 5 aliphatic rings. The van der Waals surface area contributed by atoms with Crippen LogP contribution in [0.25, 0.3) is 0 Å². The van der Waals surface area contributed by atoms with Gasteiger partial charge in [-0.05, 0) is 88.5 Å². The maximum Gasteiger partial charge on any atom is 0.157 e. The highest BCUT2D eigenvalue weighted by Gasteiger charge is 2.55. The summed E-state index contributed by atoms with van der Waals surface area (Å²) in [4.78, 5) is 0. The Kier molecular flexibility index (Phi) is 15.9. The molecule has 25 N–H and O–H groups in total. The number of hydrogen-bond donors (Lipinski definition) is 25. The Labute approximate surface area is 589 Å². The van der Waals surface area contributed by atoms with E-state index in [0.717, 1.165) is 97.1 Å². The van der Waals surface area contributed by atoms with Gasteiger partial charge in [-0.25, -0.2) is 0 Å². The van der Waals surface area contributed by atoms with E-state index in [1.54, 1.807) is 0 Å². The average Bonchev–Trinajstić information content (AvgIpc) is 0.709. The monoisotopic (exact) mass is 1440 g/mol. The van der Waals surface area contributed by atoms with Crippen molar-refractivity contribution in [1.29, 1.82) is 0 Å². The first-order valence-electron chi connectivity index (χ1n) is 32.1. The summed E-state index contributed by atoms with van der Waals surface area (Å²) in [6.45, 7) is 0. The lowest BCUT2D eigenvalue weighted by molar-refractivity contribution is -0.00964. The van der Waals surface area contributed by atoms with Crippen LogP contribution in [-0.2, 0) is 6.42 Å². The molecule has 14 atom stereocenters. The second-order valence-electron chi connectivity index (χ2n) is 26.3. The van der Waals surface area contributed by atoms with Gasteiger partial charge in [-0.3, -0.25) is 0 Å². The predicted octanol–water partition coefficient (Wildman–Crippen LogP) is 7.34. The Balaban J connectivity index is 0.984. The molecule has 0 radical (unpaired) electrons. The van der Waals surface area contributed by atoms with E-state index in [0.29, 0.717) is 18.2 Å². The van der Waals surface area contributed by atoms with Crippen LogP contribution in [0.3, 0.4) is 0 Å². The number of phenolic OH excluding ortho intramolecular Hbond substituents is 20. The lowest BCUT2D eigenvalue weighted by atomic mass is 9.71. The highest BCUT2D eigenvalue weighted by Crippen LogP contribution is 2.67. The van der Waals surface area contributed by atoms with Gasteiger partial charge < -0.3 is 151 Å². The summed E-state index contributed by atoms with van der Waals surface area (Å²) in [6, 6.07) is 21.0. The summed E-state index contributed by atoms with van der Waals surface area (Å²) in [5, 5.41) is 294. The SMILES string of the molecule is Oc1cc(O)c2c(c1)O[C@H](c1ccc(O)c(O)c1)[C@H](O)[C@H]2c1c(O)cc(O)c2c1O[C@H](c1ccc(O)c(O)c1)[C@H](O)[C@H]2c1c(O)cc(O)c2c1O[C@H](c1ccc(O)c(O)c1)[C@H](O)[C@H]2c1c(O)cc(O)c2c1O[C@H](c1ccc(O)c(O)c1)[C@H](O)[C@H]2c1c(O)cc2c(c1O)C[C@@H](O)[C@@H](c1ccc(O)c(O)c1)O2. The van der Waals surface area contributed by atoms with E-state index in [1.807, 2.05) is 0 Å². The number of hydrogen-bond acceptors (Lipinski definition) is 30. The zero-order valence-corrected chi connectivity index (χ0v) is 53.6. The first-order valence-corrected chi connectivity index (χ1v) is 32.1. The molecule has 0 amide bonds. The van der Waals surface area contributed by atoms with Crippen molar-refractivity contribution in [1.82, 2.24) is 0 Å². The van der Waals surface area contributed by atoms with Crippen LogP contribution in [0.1, 0.15) is 132 Å². The van der Waals surface area contributed by atoms with Crippen molar-refractivity contribution in [3.05, 3.63) is 205 Å². The number of fused-ring (bicyclic) bond motifs is 5. The van der Waals surface area contributed by atoms with E-state index in [1.165, 1.54) is 12.1 Å². The summed E-state index contributed by atoms with van der Waals surface area (Å²) in [7, 11) is 0. The summed E-state index contributed by atoms with van der Waals surface area (Å²) >= 11 is 0. The Morgan fingerprint density at radius 3 is 0.819 bits per heavy atom. The van der Waals surface area contributed by atoms with Crippen LogP contribution in [0.2, 0.25) is 0 Å². The van der Waals surface area contributed by atoms with Gasteiger partial charge in [0.2, 0.25) is 0 Å². The molecule has 0 fully saturated rings. The van der Waals surface area contributed by atoms with Gasteiger partial charge in [-0.1, -0.05) is 30.3 Å². The fourth-order valence-corrected chi connectivity index (χ4v) is 15.4. The summed E-state index contributed by atoms with van der Waals surface area (Å²) < 4.78 is 32.4. The van der Waals surface area contributed by atoms with E-state index in [9.17, 15) is 128 Å². The third-order valence-electron chi connectivity index (χ3n) is 20.2. The molecule has 0 unspecified atom stereocenters. The van der Waals surface area contributed by atoms with Gasteiger partial charge >= 0.3 is 0 Å². The van der Waals surface area contributed by atoms with E-state index >= 15 is 0 Å². The van der Waals surface area contributed by atoms with E-state index in [2.05, 4.69) is 0 Å². The molecular formula is C75H62O30. The van der Waals surface area contributed by atoms with Crippen molar-refractivity contribution in [2.75, 3.05) is 0 Å². The van der Waals surface area contributed by atoms with Crippen LogP contribution in [0.5, 0.6) is 144 Å². The first-order chi connectivity index (χ1) is 49.9. The molecule has 0 saturated heterocycles. The lowest BCUT2D eigenvalue weighted by Crippen LogP contribution is -2.40. The normalized spacial score (nSPS) is 24.2. The van der Waals surface area contributed by atoms with Gasteiger partial charge in [0, 0.05) is 92.9 Å². The highest BCUT2D eigenvalue weighted by molar-refractivity contribution is 5.75. The minimum atomic E-state index is -2.30. The van der Waals surface area contributed by atoms with Gasteiger partial charge in [0.1, 0.15) is 117 Å². The van der Waals surface area contributed by atoms with Crippen LogP contribution in [0.4, 0.5) is 0 Å². The molecule has 30 heteroatoms. The molecule has 0 aromatic heterocycles. The third-order valence-corrected chi connectivity index (χ3v) is 20.2. The van der Waals surface area contributed by atoms with Crippen molar-refractivity contribution < 1.29 is 151 Å². The Hall–Kier alpha value is -13.0. The van der Waals surface area contributed by atoms with E-state index < -0.39 is 262 Å². The van der Waals surface area contributed by atoms with Crippen molar-refractivity contribution in [3.63, 3.8) is 0 Å². The smallest absolute Gasteiger partial charge is 0.157 e. The van der Waals surface area contributed by atoms with Gasteiger partial charge in [-0.2, -0.15) is 0 Å². The molecule has 0 bridgehead atoms. The summed E-state index contributed by atoms with van der Waals surface area (Å²) in [5.74, 6) is -27.2. The Morgan fingerprint density at radius 1 is 0.229 bits per heavy atom. The minimum absolute atomic E-state index is 0.0507. The average molecular weight is 1440 g/mol. The molecule has 5 aliphatic heterocycles.